The maximum atomic E-state index is 8.56. The van der Waals surface area contributed by atoms with Crippen molar-refractivity contribution >= 4 is 12.4 Å². The third-order valence-corrected chi connectivity index (χ3v) is 1.97. The van der Waals surface area contributed by atoms with Crippen LogP contribution in [0.25, 0.3) is 0 Å². The van der Waals surface area contributed by atoms with Crippen molar-refractivity contribution in [2.45, 2.75) is 13.0 Å². The van der Waals surface area contributed by atoms with Gasteiger partial charge in [-0.1, -0.05) is 12.1 Å². The van der Waals surface area contributed by atoms with Crippen LogP contribution in [0, 0.1) is 11.3 Å². The van der Waals surface area contributed by atoms with Gasteiger partial charge < -0.3 is 5.32 Å². The molecule has 1 atom stereocenters. The summed E-state index contributed by atoms with van der Waals surface area (Å²) in [6.45, 7) is 2.08. The van der Waals surface area contributed by atoms with Crippen molar-refractivity contribution in [2.24, 2.45) is 0 Å². The van der Waals surface area contributed by atoms with E-state index in [2.05, 4.69) is 18.3 Å². The number of nitrogens with one attached hydrogen (secondary N) is 1. The van der Waals surface area contributed by atoms with Crippen LogP contribution in [0.5, 0.6) is 0 Å². The summed E-state index contributed by atoms with van der Waals surface area (Å²) in [4.78, 5) is 0. The zero-order valence-electron chi connectivity index (χ0n) is 7.74. The van der Waals surface area contributed by atoms with Crippen LogP contribution in [0.1, 0.15) is 24.1 Å². The second-order valence-corrected chi connectivity index (χ2v) is 2.74. The van der Waals surface area contributed by atoms with Crippen molar-refractivity contribution in [1.29, 1.82) is 5.26 Å². The summed E-state index contributed by atoms with van der Waals surface area (Å²) < 4.78 is 0. The molecule has 0 aromatic heterocycles. The van der Waals surface area contributed by atoms with Crippen molar-refractivity contribution in [3.8, 4) is 6.07 Å². The summed E-state index contributed by atoms with van der Waals surface area (Å²) in [6, 6.07) is 10.1. The van der Waals surface area contributed by atoms with Crippen molar-refractivity contribution in [3.63, 3.8) is 0 Å². The Kier molecular flexibility index (Phi) is 5.13. The average molecular weight is 197 g/mol. The third kappa shape index (κ3) is 3.06. The lowest BCUT2D eigenvalue weighted by Gasteiger charge is -2.09. The molecular weight excluding hydrogens is 184 g/mol. The summed E-state index contributed by atoms with van der Waals surface area (Å²) in [5.74, 6) is 0. The van der Waals surface area contributed by atoms with Gasteiger partial charge in [0, 0.05) is 6.04 Å². The van der Waals surface area contributed by atoms with Gasteiger partial charge in [0.05, 0.1) is 11.6 Å². The summed E-state index contributed by atoms with van der Waals surface area (Å²) in [6.07, 6.45) is 0. The van der Waals surface area contributed by atoms with E-state index in [1.54, 1.807) is 0 Å². The van der Waals surface area contributed by atoms with E-state index in [1.807, 2.05) is 31.3 Å². The molecule has 0 radical (unpaired) electrons. The molecule has 0 saturated heterocycles. The second kappa shape index (κ2) is 5.58. The van der Waals surface area contributed by atoms with Gasteiger partial charge in [-0.25, -0.2) is 0 Å². The van der Waals surface area contributed by atoms with Crippen molar-refractivity contribution in [2.75, 3.05) is 7.05 Å². The molecule has 0 amide bonds. The fraction of sp³-hybridized carbons (Fsp3) is 0.300. The Bertz CT molecular complexity index is 287. The van der Waals surface area contributed by atoms with Crippen molar-refractivity contribution in [3.05, 3.63) is 35.4 Å². The molecule has 2 nitrogen and oxygen atoms in total. The molecule has 1 rings (SSSR count). The smallest absolute Gasteiger partial charge is 0.0991 e. The first-order chi connectivity index (χ1) is 5.77. The Morgan fingerprint density at radius 1 is 1.31 bits per heavy atom. The van der Waals surface area contributed by atoms with Crippen LogP contribution in [0.2, 0.25) is 0 Å². The topological polar surface area (TPSA) is 35.8 Å². The van der Waals surface area contributed by atoms with Gasteiger partial charge in [0.2, 0.25) is 0 Å². The van der Waals surface area contributed by atoms with Gasteiger partial charge >= 0.3 is 0 Å². The Hall–Kier alpha value is -1.04. The highest BCUT2D eigenvalue weighted by atomic mass is 35.5. The molecule has 70 valence electrons. The Morgan fingerprint density at radius 2 is 1.85 bits per heavy atom. The number of nitrogens with zero attached hydrogens (tertiary/aromatic N) is 1. The molecule has 0 aliphatic carbocycles. The molecular formula is C10H13ClN2. The quantitative estimate of drug-likeness (QED) is 0.788. The lowest BCUT2D eigenvalue weighted by atomic mass is 10.1. The molecule has 0 saturated carbocycles. The zero-order valence-corrected chi connectivity index (χ0v) is 8.56. The summed E-state index contributed by atoms with van der Waals surface area (Å²) in [5.41, 5.74) is 1.92. The predicted octanol–water partition coefficient (Wildman–Crippen LogP) is 2.26. The fourth-order valence-electron chi connectivity index (χ4n) is 1.01. The number of rotatable bonds is 2. The number of hydrogen-bond acceptors (Lipinski definition) is 2. The van der Waals surface area contributed by atoms with Crippen LogP contribution >= 0.6 is 12.4 Å². The molecule has 1 aromatic carbocycles. The van der Waals surface area contributed by atoms with Crippen LogP contribution in [-0.4, -0.2) is 7.05 Å². The summed E-state index contributed by atoms with van der Waals surface area (Å²) >= 11 is 0. The van der Waals surface area contributed by atoms with Gasteiger partial charge in [-0.2, -0.15) is 5.26 Å². The van der Waals surface area contributed by atoms with Gasteiger partial charge in [0.25, 0.3) is 0 Å². The first-order valence-electron chi connectivity index (χ1n) is 3.95. The molecule has 0 bridgehead atoms. The van der Waals surface area contributed by atoms with Crippen LogP contribution in [0.4, 0.5) is 0 Å². The normalized spacial score (nSPS) is 11.2. The van der Waals surface area contributed by atoms with E-state index >= 15 is 0 Å². The molecule has 0 heterocycles. The van der Waals surface area contributed by atoms with Gasteiger partial charge in [-0.15, -0.1) is 12.4 Å². The monoisotopic (exact) mass is 196 g/mol. The van der Waals surface area contributed by atoms with Gasteiger partial charge in [0.15, 0.2) is 0 Å². The lowest BCUT2D eigenvalue weighted by molar-refractivity contribution is 0.652. The van der Waals surface area contributed by atoms with E-state index in [4.69, 9.17) is 5.26 Å². The highest BCUT2D eigenvalue weighted by Gasteiger charge is 2.00. The molecule has 0 fully saturated rings. The van der Waals surface area contributed by atoms with Crippen molar-refractivity contribution < 1.29 is 0 Å². The molecule has 1 aromatic rings. The van der Waals surface area contributed by atoms with E-state index in [-0.39, 0.29) is 12.4 Å². The lowest BCUT2D eigenvalue weighted by Crippen LogP contribution is -2.11. The summed E-state index contributed by atoms with van der Waals surface area (Å²) in [7, 11) is 1.92. The zero-order chi connectivity index (χ0) is 8.97. The van der Waals surface area contributed by atoms with E-state index in [0.29, 0.717) is 11.6 Å². The predicted molar refractivity (Wildman–Crippen MR) is 55.9 cm³/mol. The molecule has 0 aliphatic heterocycles. The van der Waals surface area contributed by atoms with Crippen LogP contribution in [0.15, 0.2) is 24.3 Å². The van der Waals surface area contributed by atoms with E-state index in [1.165, 1.54) is 5.56 Å². The Morgan fingerprint density at radius 3 is 2.23 bits per heavy atom. The maximum Gasteiger partial charge on any atom is 0.0991 e. The number of nitriles is 1. The molecule has 0 spiro atoms. The number of benzene rings is 1. The molecule has 0 aliphatic rings. The summed E-state index contributed by atoms with van der Waals surface area (Å²) in [5, 5.41) is 11.7. The Balaban J connectivity index is 0.00000144. The molecule has 13 heavy (non-hydrogen) atoms. The van der Waals surface area contributed by atoms with Gasteiger partial charge in [0.1, 0.15) is 0 Å². The first-order valence-corrected chi connectivity index (χ1v) is 3.95. The molecule has 3 heteroatoms. The fourth-order valence-corrected chi connectivity index (χ4v) is 1.01. The SMILES string of the molecule is CNC(C)c1ccc(C#N)cc1.Cl. The second-order valence-electron chi connectivity index (χ2n) is 2.74. The van der Waals surface area contributed by atoms with Crippen LogP contribution < -0.4 is 5.32 Å². The first kappa shape index (κ1) is 12.0. The Labute approximate surface area is 85.0 Å². The average Bonchev–Trinajstić information content (AvgIpc) is 2.17. The minimum atomic E-state index is 0. The molecule has 1 N–H and O–H groups in total. The standard InChI is InChI=1S/C10H12N2.ClH/c1-8(12-2)10-5-3-9(7-11)4-6-10;/h3-6,8,12H,1-2H3;1H. The third-order valence-electron chi connectivity index (χ3n) is 1.97. The van der Waals surface area contributed by atoms with Gasteiger partial charge in [-0.3, -0.25) is 0 Å². The minimum absolute atomic E-state index is 0. The van der Waals surface area contributed by atoms with Crippen LogP contribution in [0.3, 0.4) is 0 Å². The van der Waals surface area contributed by atoms with Crippen molar-refractivity contribution in [1.82, 2.24) is 5.32 Å². The van der Waals surface area contributed by atoms with Crippen LogP contribution in [-0.2, 0) is 0 Å². The van der Waals surface area contributed by atoms with E-state index in [0.717, 1.165) is 0 Å². The maximum absolute atomic E-state index is 8.56. The number of hydrogen-bond donors (Lipinski definition) is 1. The highest BCUT2D eigenvalue weighted by Crippen LogP contribution is 2.11. The van der Waals surface area contributed by atoms with E-state index in [9.17, 15) is 0 Å². The minimum Gasteiger partial charge on any atom is -0.313 e. The van der Waals surface area contributed by atoms with Gasteiger partial charge in [-0.05, 0) is 31.7 Å². The largest absolute Gasteiger partial charge is 0.313 e. The number of halogens is 1. The molecule has 1 unspecified atom stereocenters. The van der Waals surface area contributed by atoms with E-state index < -0.39 is 0 Å². The highest BCUT2D eigenvalue weighted by molar-refractivity contribution is 5.85.